The van der Waals surface area contributed by atoms with Gasteiger partial charge < -0.3 is 5.11 Å². The van der Waals surface area contributed by atoms with Gasteiger partial charge in [0.05, 0.1) is 5.76 Å². The number of carbonyl (C=O) groups is 1. The number of hydrogen-bond acceptors (Lipinski definition) is 5. The van der Waals surface area contributed by atoms with Crippen LogP contribution in [0.4, 0.5) is 0 Å². The summed E-state index contributed by atoms with van der Waals surface area (Å²) in [6, 6.07) is 24.7. The number of rotatable bonds is 10. The van der Waals surface area contributed by atoms with E-state index in [1.807, 2.05) is 11.3 Å². The van der Waals surface area contributed by atoms with Gasteiger partial charge in [-0.3, -0.25) is 4.79 Å². The molecule has 2 heterocycles. The van der Waals surface area contributed by atoms with Crippen LogP contribution in [0.5, 0.6) is 0 Å². The van der Waals surface area contributed by atoms with E-state index in [1.165, 1.54) is 55.3 Å². The van der Waals surface area contributed by atoms with Crippen LogP contribution < -0.4 is 4.40 Å². The molecule has 8 rings (SSSR count). The summed E-state index contributed by atoms with van der Waals surface area (Å²) >= 11 is -0.348. The maximum absolute atomic E-state index is 12.3. The number of thiophene rings is 1. The fourth-order valence-corrected chi connectivity index (χ4v) is 17.7. The molecule has 0 spiro atoms. The first-order valence-electron chi connectivity index (χ1n) is 24.8. The molecule has 1 radical (unpaired) electrons. The summed E-state index contributed by atoms with van der Waals surface area (Å²) in [7, 11) is 0. The van der Waals surface area contributed by atoms with Gasteiger partial charge in [-0.05, 0) is 47.3 Å². The molecule has 2 aliphatic carbocycles. The maximum atomic E-state index is 12.3. The Bertz CT molecular complexity index is 2800. The van der Waals surface area contributed by atoms with E-state index >= 15 is 0 Å². The molecule has 0 fully saturated rings. The summed E-state index contributed by atoms with van der Waals surface area (Å²) in [4.78, 5) is 22.2. The van der Waals surface area contributed by atoms with Gasteiger partial charge in [-0.15, -0.1) is 0 Å². The minimum Gasteiger partial charge on any atom is -0.0558 e. The van der Waals surface area contributed by atoms with E-state index in [0.29, 0.717) is 23.7 Å². The summed E-state index contributed by atoms with van der Waals surface area (Å²) < 4.78 is 3.95. The van der Waals surface area contributed by atoms with Crippen molar-refractivity contribution >= 4 is 65.9 Å². The van der Waals surface area contributed by atoms with Crippen LogP contribution in [0.2, 0.25) is 17.3 Å². The van der Waals surface area contributed by atoms with Crippen LogP contribution in [-0.4, -0.2) is 34.1 Å². The average molecular weight is 1160 g/mol. The Morgan fingerprint density at radius 3 is 1.76 bits per heavy atom. The van der Waals surface area contributed by atoms with Gasteiger partial charge in [0.25, 0.3) is 0 Å². The number of allylic oxidation sites excluding steroid dienone is 2. The Balaban J connectivity index is 0.000000316. The molecule has 361 valence electrons. The van der Waals surface area contributed by atoms with Gasteiger partial charge in [0.1, 0.15) is 0 Å². The molecule has 7 heteroatoms. The summed E-state index contributed by atoms with van der Waals surface area (Å²) in [5.74, 6) is 9.06. The van der Waals surface area contributed by atoms with Crippen molar-refractivity contribution in [2.75, 3.05) is 0 Å². The van der Waals surface area contributed by atoms with Gasteiger partial charge in [0.2, 0.25) is 0 Å². The van der Waals surface area contributed by atoms with Crippen molar-refractivity contribution in [2.45, 2.75) is 163 Å². The van der Waals surface area contributed by atoms with Crippen molar-refractivity contribution in [3.8, 4) is 22.4 Å². The minimum atomic E-state index is -2.19. The number of aromatic nitrogens is 2. The number of benzene rings is 4. The quantitative estimate of drug-likeness (QED) is 0.0643. The van der Waals surface area contributed by atoms with Crippen molar-refractivity contribution in [1.82, 2.24) is 9.97 Å². The van der Waals surface area contributed by atoms with Gasteiger partial charge >= 0.3 is 204 Å². The SMILES string of the molecule is CC(C)C(C(=O)/C=C(\O)C(C(C)C)C(C)C)C(C)C.CC1(C)CC(C)(C)c2c1cc1c(c2-c2ccc3c(c2)sc2c(-c4[c-]c5ccccc5[c]([Ge]([CH3])([CH3])[CH3])c4)ncnc23)C(C)(C)CC1(C)C.[Ir]. The molecule has 67 heavy (non-hydrogen) atoms. The second-order valence-electron chi connectivity index (χ2n) is 25.1. The van der Waals surface area contributed by atoms with E-state index in [0.717, 1.165) is 21.5 Å². The number of carbonyl (C=O) groups excluding carboxylic acids is 1. The Morgan fingerprint density at radius 1 is 0.701 bits per heavy atom. The molecule has 2 aromatic heterocycles. The first-order valence-corrected chi connectivity index (χ1v) is 33.0. The second-order valence-corrected chi connectivity index (χ2v) is 36.7. The Hall–Kier alpha value is -3.16. The van der Waals surface area contributed by atoms with Crippen LogP contribution in [-0.2, 0) is 46.6 Å². The third-order valence-corrected chi connectivity index (χ3v) is 20.5. The van der Waals surface area contributed by atoms with Crippen molar-refractivity contribution in [2.24, 2.45) is 35.5 Å². The standard InChI is InChI=1S/C43H47GeN2S.C17H32O2.Ir/c1-40(2)22-42(5,6)35-30(40)21-31-36(43(7,8)23-41(31,3)4)34(35)26-16-17-29-33(20-26)47-39-37(45-24-46-38(29)39)27-18-25-14-12-13-15-28(25)32(19-27)44(9,10)11;1-10(2)16(11(3)4)14(18)9-15(19)17(12(5)6)13(7)8;/h12-17,19-21,24H,22-23H2,1-11H3;9-13,16-18H,1-8H3;/q-1;;/b;14-9-;. The van der Waals surface area contributed by atoms with E-state index in [2.05, 4.69) is 189 Å². The van der Waals surface area contributed by atoms with Gasteiger partial charge in [-0.25, -0.2) is 0 Å². The predicted molar refractivity (Wildman–Crippen MR) is 289 cm³/mol. The smallest absolute Gasteiger partial charge is 0.0558 e. The van der Waals surface area contributed by atoms with E-state index in [-0.39, 0.29) is 65.1 Å². The van der Waals surface area contributed by atoms with Gasteiger partial charge in [0, 0.05) is 38.0 Å². The van der Waals surface area contributed by atoms with Crippen LogP contribution in [0.15, 0.2) is 72.8 Å². The zero-order valence-electron chi connectivity index (χ0n) is 44.2. The fourth-order valence-electron chi connectivity index (χ4n) is 13.1. The van der Waals surface area contributed by atoms with Crippen LogP contribution in [0.1, 0.15) is 146 Å². The molecule has 1 N–H and O–H groups in total. The minimum absolute atomic E-state index is 0. The van der Waals surface area contributed by atoms with Crippen LogP contribution in [0.25, 0.3) is 53.5 Å². The first kappa shape index (κ1) is 53.2. The Kier molecular flexibility index (Phi) is 15.0. The van der Waals surface area contributed by atoms with Crippen LogP contribution in [0, 0.1) is 41.6 Å². The van der Waals surface area contributed by atoms with E-state index in [9.17, 15) is 9.90 Å². The van der Waals surface area contributed by atoms with Crippen molar-refractivity contribution in [3.63, 3.8) is 0 Å². The Labute approximate surface area is 424 Å². The van der Waals surface area contributed by atoms with Gasteiger partial charge in [0.15, 0.2) is 5.78 Å². The molecule has 0 atom stereocenters. The van der Waals surface area contributed by atoms with E-state index in [4.69, 9.17) is 9.97 Å². The number of nitrogens with zero attached hydrogens (tertiary/aromatic N) is 2. The normalized spacial score (nSPS) is 17.2. The number of fused-ring (bicyclic) bond motifs is 6. The zero-order chi connectivity index (χ0) is 48.8. The molecule has 0 saturated heterocycles. The number of aliphatic hydroxyl groups excluding tert-OH is 1. The molecule has 0 aliphatic heterocycles. The second kappa shape index (κ2) is 18.9. The molecule has 6 aromatic rings. The summed E-state index contributed by atoms with van der Waals surface area (Å²) in [5.41, 5.74) is 12.7. The van der Waals surface area contributed by atoms with Crippen molar-refractivity contribution in [1.29, 1.82) is 0 Å². The third kappa shape index (κ3) is 9.96. The monoisotopic (exact) mass is 1160 g/mol. The summed E-state index contributed by atoms with van der Waals surface area (Å²) in [6.45, 7) is 36.3. The van der Waals surface area contributed by atoms with Crippen LogP contribution in [0.3, 0.4) is 0 Å². The van der Waals surface area contributed by atoms with E-state index < -0.39 is 13.3 Å². The first-order chi connectivity index (χ1) is 30.5. The molecule has 0 saturated carbocycles. The molecule has 0 amide bonds. The van der Waals surface area contributed by atoms with Crippen molar-refractivity contribution in [3.05, 3.63) is 101 Å². The predicted octanol–water partition coefficient (Wildman–Crippen LogP) is 16.4. The molecule has 0 unspecified atom stereocenters. The number of aliphatic hydroxyl groups is 1. The third-order valence-electron chi connectivity index (χ3n) is 15.1. The molecular formula is C60H79GeIrN2O2S-. The molecule has 4 nitrogen and oxygen atoms in total. The number of hydrogen-bond donors (Lipinski definition) is 1. The van der Waals surface area contributed by atoms with Gasteiger partial charge in [-0.2, -0.15) is 0 Å². The molecular weight excluding hydrogens is 1080 g/mol. The van der Waals surface area contributed by atoms with Crippen molar-refractivity contribution < 1.29 is 30.0 Å². The van der Waals surface area contributed by atoms with Crippen LogP contribution >= 0.6 is 11.3 Å². The zero-order valence-corrected chi connectivity index (χ0v) is 49.5. The fraction of sp³-hybridized carbons (Fsp3) is 0.517. The average Bonchev–Trinajstić information content (AvgIpc) is 3.72. The van der Waals surface area contributed by atoms with E-state index in [1.54, 1.807) is 28.6 Å². The molecule has 0 bridgehead atoms. The Morgan fingerprint density at radius 2 is 1.24 bits per heavy atom. The molecule has 4 aromatic carbocycles. The van der Waals surface area contributed by atoms with Gasteiger partial charge in [-0.1, -0.05) is 117 Å². The summed E-state index contributed by atoms with van der Waals surface area (Å²) in [5, 5.41) is 14.0. The topological polar surface area (TPSA) is 63.1 Å². The molecule has 2 aliphatic rings. The number of ketones is 1. The summed E-state index contributed by atoms with van der Waals surface area (Å²) in [6.07, 6.45) is 5.57.